The molecule has 2 N–H and O–H groups in total. The molecule has 1 saturated carbocycles. The molecule has 3 aliphatic heterocycles. The monoisotopic (exact) mass is 664 g/mol. The molecular formula is C35H33F5N6O2. The van der Waals surface area contributed by atoms with E-state index >= 15 is 13.2 Å². The molecule has 8 nitrogen and oxygen atoms in total. The molecule has 2 unspecified atom stereocenters. The number of hydrogen-bond acceptors (Lipinski definition) is 8. The van der Waals surface area contributed by atoms with Crippen LogP contribution in [0.15, 0.2) is 30.5 Å². The van der Waals surface area contributed by atoms with E-state index in [1.807, 2.05) is 4.90 Å². The summed E-state index contributed by atoms with van der Waals surface area (Å²) in [5.41, 5.74) is -2.81. The molecule has 3 atom stereocenters. The highest BCUT2D eigenvalue weighted by Gasteiger charge is 2.46. The van der Waals surface area contributed by atoms with Crippen LogP contribution in [-0.2, 0) is 6.18 Å². The third kappa shape index (κ3) is 5.54. The van der Waals surface area contributed by atoms with Gasteiger partial charge in [-0.05, 0) is 55.7 Å². The number of fused-ring (bicyclic) bond motifs is 4. The third-order valence-electron chi connectivity index (χ3n) is 10.2. The minimum absolute atomic E-state index is 0.0187. The van der Waals surface area contributed by atoms with Crippen molar-refractivity contribution in [2.45, 2.75) is 56.5 Å². The van der Waals surface area contributed by atoms with Crippen molar-refractivity contribution in [2.24, 2.45) is 5.41 Å². The number of piperazine rings is 1. The van der Waals surface area contributed by atoms with E-state index in [9.17, 15) is 13.9 Å². The molecule has 0 amide bonds. The van der Waals surface area contributed by atoms with Crippen LogP contribution in [0.1, 0.15) is 43.2 Å². The Morgan fingerprint density at radius 3 is 2.52 bits per heavy atom. The second-order valence-electron chi connectivity index (χ2n) is 13.7. The van der Waals surface area contributed by atoms with Gasteiger partial charge >= 0.3 is 12.2 Å². The maximum Gasteiger partial charge on any atom is 0.420 e. The average Bonchev–Trinajstić information content (AvgIpc) is 3.57. The molecule has 0 spiro atoms. The van der Waals surface area contributed by atoms with Crippen molar-refractivity contribution in [3.05, 3.63) is 47.4 Å². The van der Waals surface area contributed by atoms with Crippen molar-refractivity contribution in [3.8, 4) is 35.4 Å². The van der Waals surface area contributed by atoms with Crippen molar-refractivity contribution in [3.63, 3.8) is 0 Å². The van der Waals surface area contributed by atoms with Gasteiger partial charge in [-0.25, -0.2) is 8.78 Å². The van der Waals surface area contributed by atoms with Gasteiger partial charge in [0.15, 0.2) is 0 Å². The molecule has 3 saturated heterocycles. The maximum atomic E-state index is 15.3. The molecular weight excluding hydrogens is 631 g/mol. The Balaban J connectivity index is 1.29. The number of alkyl halides is 4. The first-order valence-corrected chi connectivity index (χ1v) is 16.2. The maximum absolute atomic E-state index is 15.3. The number of benzene rings is 2. The number of anilines is 1. The predicted octanol–water partition coefficient (Wildman–Crippen LogP) is 5.83. The van der Waals surface area contributed by atoms with Crippen LogP contribution >= 0.6 is 0 Å². The molecule has 4 aromatic rings. The van der Waals surface area contributed by atoms with Gasteiger partial charge in [-0.2, -0.15) is 23.1 Å². The molecule has 5 heterocycles. The van der Waals surface area contributed by atoms with Gasteiger partial charge in [0, 0.05) is 67.4 Å². The molecule has 13 heteroatoms. The fraction of sp³-hybridized carbons (Fsp3) is 0.457. The molecule has 2 bridgehead atoms. The lowest BCUT2D eigenvalue weighted by Gasteiger charge is -2.34. The molecule has 4 fully saturated rings. The van der Waals surface area contributed by atoms with Crippen LogP contribution in [0, 0.1) is 23.6 Å². The largest absolute Gasteiger partial charge is 0.508 e. The first-order chi connectivity index (χ1) is 23.0. The topological polar surface area (TPSA) is 86.6 Å². The van der Waals surface area contributed by atoms with Gasteiger partial charge in [0.25, 0.3) is 0 Å². The van der Waals surface area contributed by atoms with Crippen LogP contribution in [-0.4, -0.2) is 82.5 Å². The summed E-state index contributed by atoms with van der Waals surface area (Å²) in [7, 11) is 0. The minimum Gasteiger partial charge on any atom is -0.508 e. The molecule has 1 aliphatic carbocycles. The summed E-state index contributed by atoms with van der Waals surface area (Å²) in [6.45, 7) is 2.91. The second-order valence-corrected chi connectivity index (χ2v) is 13.7. The molecule has 2 aromatic carbocycles. The Kier molecular flexibility index (Phi) is 7.37. The Hall–Kier alpha value is -4.28. The minimum atomic E-state index is -4.98. The third-order valence-corrected chi connectivity index (χ3v) is 10.2. The lowest BCUT2D eigenvalue weighted by molar-refractivity contribution is -0.136. The molecule has 0 radical (unpaired) electrons. The van der Waals surface area contributed by atoms with E-state index < -0.39 is 34.9 Å². The normalized spacial score (nSPS) is 23.6. The molecule has 2 aromatic heterocycles. The van der Waals surface area contributed by atoms with Gasteiger partial charge in [-0.15, -0.1) is 6.42 Å². The van der Waals surface area contributed by atoms with Gasteiger partial charge in [0.1, 0.15) is 29.1 Å². The van der Waals surface area contributed by atoms with E-state index in [4.69, 9.17) is 16.1 Å². The fourth-order valence-electron chi connectivity index (χ4n) is 7.70. The summed E-state index contributed by atoms with van der Waals surface area (Å²) in [6, 6.07) is 5.00. The average molecular weight is 665 g/mol. The quantitative estimate of drug-likeness (QED) is 0.189. The van der Waals surface area contributed by atoms with E-state index in [0.717, 1.165) is 37.8 Å². The van der Waals surface area contributed by atoms with E-state index in [1.165, 1.54) is 18.3 Å². The SMILES string of the molecule is C#Cc1c(F)ccc2cc(O)cc(-c3ncc4c(N5CC6CCC(C5)N6)nc(OCC5(CN6CC[C@@H](F)C6)CC5)nc4c3C(F)(F)F)c12. The number of nitrogens with one attached hydrogen (secondary N) is 1. The Labute approximate surface area is 273 Å². The lowest BCUT2D eigenvalue weighted by atomic mass is 9.93. The van der Waals surface area contributed by atoms with Crippen LogP contribution in [0.4, 0.5) is 27.8 Å². The molecule has 8 rings (SSSR count). The summed E-state index contributed by atoms with van der Waals surface area (Å²) in [5, 5.41) is 14.5. The van der Waals surface area contributed by atoms with E-state index in [-0.39, 0.29) is 63.2 Å². The Morgan fingerprint density at radius 1 is 1.08 bits per heavy atom. The summed E-state index contributed by atoms with van der Waals surface area (Å²) in [6.07, 6.45) is 5.17. The number of nitrogens with zero attached hydrogens (tertiary/aromatic N) is 5. The summed E-state index contributed by atoms with van der Waals surface area (Å²) < 4.78 is 80.9. The number of phenolic OH excluding ortho intramolecular Hbond substituents is 1. The van der Waals surface area contributed by atoms with E-state index in [1.54, 1.807) is 0 Å². The predicted molar refractivity (Wildman–Crippen MR) is 170 cm³/mol. The van der Waals surface area contributed by atoms with Crippen LogP contribution in [0.5, 0.6) is 11.8 Å². The van der Waals surface area contributed by atoms with Gasteiger partial charge in [-0.1, -0.05) is 12.0 Å². The first-order valence-electron chi connectivity index (χ1n) is 16.2. The number of aromatic nitrogens is 3. The number of ether oxygens (including phenoxy) is 1. The van der Waals surface area contributed by atoms with Crippen molar-refractivity contribution in [1.29, 1.82) is 0 Å². The van der Waals surface area contributed by atoms with Crippen molar-refractivity contribution in [2.75, 3.05) is 44.2 Å². The number of likely N-dealkylation sites (tertiary alicyclic amines) is 1. The van der Waals surface area contributed by atoms with Crippen molar-refractivity contribution >= 4 is 27.5 Å². The zero-order valence-corrected chi connectivity index (χ0v) is 26.0. The standard InChI is InChI=1S/C35H33F5N6O2/c1-2-24-27(37)6-3-19-11-23(47)12-25(28(19)24)30-29(35(38,39)40)31-26(13-41-30)32(46-15-21-4-5-22(16-46)42-21)44-33(43-31)48-18-34(8-9-34)17-45-10-7-20(36)14-45/h1,3,6,11-13,20-22,42,47H,4-5,7-10,14-18H2/t20-,21?,22?/m1/s1. The number of phenols is 1. The summed E-state index contributed by atoms with van der Waals surface area (Å²) in [5.74, 6) is 1.42. The fourth-order valence-corrected chi connectivity index (χ4v) is 7.70. The smallest absolute Gasteiger partial charge is 0.420 e. The summed E-state index contributed by atoms with van der Waals surface area (Å²) in [4.78, 5) is 17.4. The van der Waals surface area contributed by atoms with Gasteiger partial charge in [-0.3, -0.25) is 9.88 Å². The number of pyridine rings is 1. The van der Waals surface area contributed by atoms with Crippen molar-refractivity contribution < 1.29 is 31.8 Å². The highest BCUT2D eigenvalue weighted by atomic mass is 19.4. The second kappa shape index (κ2) is 11.4. The van der Waals surface area contributed by atoms with Crippen molar-refractivity contribution in [1.82, 2.24) is 25.2 Å². The van der Waals surface area contributed by atoms with Gasteiger partial charge in [0.05, 0.1) is 28.8 Å². The summed E-state index contributed by atoms with van der Waals surface area (Å²) >= 11 is 0. The number of hydrogen-bond donors (Lipinski definition) is 2. The number of aromatic hydroxyl groups is 1. The van der Waals surface area contributed by atoms with Crippen LogP contribution in [0.25, 0.3) is 32.9 Å². The lowest BCUT2D eigenvalue weighted by Crippen LogP contribution is -2.51. The number of terminal acetylenes is 1. The zero-order valence-electron chi connectivity index (χ0n) is 26.0. The highest BCUT2D eigenvalue weighted by Crippen LogP contribution is 2.48. The number of halogens is 5. The molecule has 4 aliphatic rings. The van der Waals surface area contributed by atoms with E-state index in [2.05, 4.69) is 26.1 Å². The van der Waals surface area contributed by atoms with E-state index in [0.29, 0.717) is 45.0 Å². The highest BCUT2D eigenvalue weighted by molar-refractivity contribution is 6.04. The number of rotatable bonds is 7. The van der Waals surface area contributed by atoms with Gasteiger partial charge < -0.3 is 20.1 Å². The van der Waals surface area contributed by atoms with Crippen LogP contribution in [0.3, 0.4) is 0 Å². The first kappa shape index (κ1) is 31.0. The Bertz CT molecular complexity index is 1960. The van der Waals surface area contributed by atoms with Crippen LogP contribution in [0.2, 0.25) is 0 Å². The zero-order chi connectivity index (χ0) is 33.4. The Morgan fingerprint density at radius 2 is 1.85 bits per heavy atom. The van der Waals surface area contributed by atoms with Gasteiger partial charge in [0.2, 0.25) is 0 Å². The molecule has 250 valence electrons. The molecule has 48 heavy (non-hydrogen) atoms. The van der Waals surface area contributed by atoms with Crippen LogP contribution < -0.4 is 15.0 Å².